The van der Waals surface area contributed by atoms with Gasteiger partial charge in [-0.25, -0.2) is 9.18 Å². The Morgan fingerprint density at radius 3 is 2.64 bits per heavy atom. The number of nitrogens with zero attached hydrogens (tertiary/aromatic N) is 1. The van der Waals surface area contributed by atoms with E-state index in [1.54, 1.807) is 18.2 Å². The molecular formula is C24H23F4N5O3. The summed E-state index contributed by atoms with van der Waals surface area (Å²) < 4.78 is 58.0. The van der Waals surface area contributed by atoms with Crippen molar-refractivity contribution in [3.63, 3.8) is 0 Å². The minimum absolute atomic E-state index is 0.00415. The molecule has 12 heteroatoms. The van der Waals surface area contributed by atoms with E-state index in [1.165, 1.54) is 26.3 Å². The van der Waals surface area contributed by atoms with E-state index < -0.39 is 42.0 Å². The minimum atomic E-state index is -4.57. The van der Waals surface area contributed by atoms with Crippen LogP contribution >= 0.6 is 0 Å². The average molecular weight is 505 g/mol. The van der Waals surface area contributed by atoms with Crippen LogP contribution in [-0.4, -0.2) is 43.1 Å². The number of halogens is 4. The van der Waals surface area contributed by atoms with Gasteiger partial charge < -0.3 is 20.8 Å². The molecule has 1 unspecified atom stereocenters. The molecule has 190 valence electrons. The molecule has 8 nitrogen and oxygen atoms in total. The molecule has 0 aliphatic heterocycles. The molecule has 0 saturated carbocycles. The number of hydrogen-bond donors (Lipinski definition) is 4. The Balaban J connectivity index is 1.75. The van der Waals surface area contributed by atoms with E-state index in [4.69, 9.17) is 10.5 Å². The van der Waals surface area contributed by atoms with Gasteiger partial charge in [0, 0.05) is 30.5 Å². The number of H-pyrrole nitrogens is 1. The molecule has 3 rings (SSSR count). The number of carbonyl (C=O) groups is 2. The van der Waals surface area contributed by atoms with E-state index in [1.807, 2.05) is 0 Å². The molecule has 1 aromatic heterocycles. The number of aliphatic imine (C=N–C) groups is 1. The maximum atomic E-state index is 14.0. The summed E-state index contributed by atoms with van der Waals surface area (Å²) in [5.74, 6) is -3.05. The van der Waals surface area contributed by atoms with Crippen LogP contribution in [0, 0.1) is 5.92 Å². The number of allylic oxidation sites excluding steroid dienone is 6. The van der Waals surface area contributed by atoms with Crippen molar-refractivity contribution in [3.05, 3.63) is 71.9 Å². The number of aromatic nitrogens is 1. The number of fused-ring (bicyclic) bond motifs is 1. The van der Waals surface area contributed by atoms with Gasteiger partial charge in [-0.2, -0.15) is 13.2 Å². The first kappa shape index (κ1) is 26.3. The number of alkyl halides is 3. The molecule has 1 aliphatic rings. The van der Waals surface area contributed by atoms with Crippen molar-refractivity contribution >= 4 is 34.2 Å². The molecule has 1 heterocycles. The molecule has 0 radical (unpaired) electrons. The van der Waals surface area contributed by atoms with Gasteiger partial charge in [-0.15, -0.1) is 0 Å². The number of hydrogen-bond acceptors (Lipinski definition) is 4. The molecule has 0 saturated heterocycles. The van der Waals surface area contributed by atoms with Crippen molar-refractivity contribution in [3.8, 4) is 5.75 Å². The number of amides is 3. The van der Waals surface area contributed by atoms with Gasteiger partial charge in [-0.3, -0.25) is 15.1 Å². The predicted octanol–water partition coefficient (Wildman–Crippen LogP) is 4.49. The SMILES string of the molecule is C=C(/C=C\C(=NC)NC(=O)NC1=C(F)C=CC(C(F)(F)F)C1)c1c(C(N)=O)[nH]c2cc(OC)ccc12. The lowest BCUT2D eigenvalue weighted by Gasteiger charge is -2.22. The largest absolute Gasteiger partial charge is 0.497 e. The quantitative estimate of drug-likeness (QED) is 0.200. The molecule has 1 atom stereocenters. The smallest absolute Gasteiger partial charge is 0.395 e. The Hall–Kier alpha value is -4.35. The number of amidine groups is 1. The van der Waals surface area contributed by atoms with E-state index in [9.17, 15) is 27.2 Å². The Morgan fingerprint density at radius 1 is 1.31 bits per heavy atom. The third kappa shape index (κ3) is 5.82. The zero-order valence-electron chi connectivity index (χ0n) is 19.3. The van der Waals surface area contributed by atoms with Gasteiger partial charge in [0.1, 0.15) is 23.1 Å². The van der Waals surface area contributed by atoms with Crippen molar-refractivity contribution in [2.45, 2.75) is 12.6 Å². The first-order valence-corrected chi connectivity index (χ1v) is 10.5. The first-order chi connectivity index (χ1) is 16.9. The third-order valence-electron chi connectivity index (χ3n) is 5.37. The standard InChI is InChI=1S/C24H23F4N5O3/c1-12(20-15-7-6-14(36-3)11-17(15)31-21(20)22(29)34)4-9-19(30-2)33-23(35)32-18-10-13(24(26,27)28)5-8-16(18)25/h4-9,11,13,31H,1,10H2,2-3H3,(H2,29,34)(H2,30,32,33,35)/b9-4-. The summed E-state index contributed by atoms with van der Waals surface area (Å²) in [7, 11) is 2.86. The number of nitrogens with one attached hydrogen (secondary N) is 3. The second-order valence-electron chi connectivity index (χ2n) is 7.74. The summed E-state index contributed by atoms with van der Waals surface area (Å²) in [5, 5.41) is 5.07. The summed E-state index contributed by atoms with van der Waals surface area (Å²) in [6.45, 7) is 3.95. The van der Waals surface area contributed by atoms with E-state index in [-0.39, 0.29) is 11.5 Å². The number of rotatable bonds is 6. The Morgan fingerprint density at radius 2 is 2.03 bits per heavy atom. The molecule has 0 bridgehead atoms. The topological polar surface area (TPSA) is 122 Å². The lowest BCUT2D eigenvalue weighted by atomic mass is 9.97. The molecule has 0 fully saturated rings. The van der Waals surface area contributed by atoms with Gasteiger partial charge in [-0.05, 0) is 29.9 Å². The number of urea groups is 1. The highest BCUT2D eigenvalue weighted by Crippen LogP contribution is 2.35. The highest BCUT2D eigenvalue weighted by Gasteiger charge is 2.40. The fourth-order valence-electron chi connectivity index (χ4n) is 3.56. The number of benzene rings is 1. The van der Waals surface area contributed by atoms with E-state index in [0.717, 1.165) is 0 Å². The summed E-state index contributed by atoms with van der Waals surface area (Å²) in [5.41, 5.74) is 6.48. The second kappa shape index (κ2) is 10.5. The lowest BCUT2D eigenvalue weighted by molar-refractivity contribution is -0.161. The van der Waals surface area contributed by atoms with Crippen LogP contribution in [0.2, 0.25) is 0 Å². The lowest BCUT2D eigenvalue weighted by Crippen LogP contribution is -2.40. The summed E-state index contributed by atoms with van der Waals surface area (Å²) >= 11 is 0. The van der Waals surface area contributed by atoms with Gasteiger partial charge in [0.2, 0.25) is 0 Å². The van der Waals surface area contributed by atoms with Gasteiger partial charge >= 0.3 is 12.2 Å². The van der Waals surface area contributed by atoms with Crippen LogP contribution in [-0.2, 0) is 0 Å². The normalized spacial score (nSPS) is 16.5. The van der Waals surface area contributed by atoms with Crippen molar-refractivity contribution in [1.29, 1.82) is 0 Å². The molecule has 5 N–H and O–H groups in total. The van der Waals surface area contributed by atoms with Crippen LogP contribution in [0.15, 0.2) is 65.6 Å². The highest BCUT2D eigenvalue weighted by molar-refractivity contribution is 6.09. The van der Waals surface area contributed by atoms with E-state index in [2.05, 4.69) is 27.2 Å². The monoisotopic (exact) mass is 505 g/mol. The third-order valence-corrected chi connectivity index (χ3v) is 5.37. The zero-order valence-corrected chi connectivity index (χ0v) is 19.3. The molecule has 36 heavy (non-hydrogen) atoms. The van der Waals surface area contributed by atoms with Gasteiger partial charge in [0.05, 0.1) is 24.2 Å². The average Bonchev–Trinajstić information content (AvgIpc) is 3.21. The van der Waals surface area contributed by atoms with Crippen LogP contribution in [0.4, 0.5) is 22.4 Å². The van der Waals surface area contributed by atoms with Crippen LogP contribution < -0.4 is 21.1 Å². The Bertz CT molecular complexity index is 1340. The zero-order chi connectivity index (χ0) is 26.6. The van der Waals surface area contributed by atoms with Crippen LogP contribution in [0.1, 0.15) is 22.5 Å². The summed E-state index contributed by atoms with van der Waals surface area (Å²) in [6, 6.07) is 4.12. The number of aromatic amines is 1. The molecule has 0 spiro atoms. The molecule has 2 aromatic rings. The van der Waals surface area contributed by atoms with Crippen molar-refractivity contribution in [2.24, 2.45) is 16.6 Å². The number of nitrogens with two attached hydrogens (primary N) is 1. The number of ether oxygens (including phenoxy) is 1. The van der Waals surface area contributed by atoms with Crippen LogP contribution in [0.25, 0.3) is 16.5 Å². The van der Waals surface area contributed by atoms with Crippen molar-refractivity contribution in [2.75, 3.05) is 14.2 Å². The fraction of sp³-hybridized carbons (Fsp3) is 0.208. The molecule has 1 aliphatic carbocycles. The minimum Gasteiger partial charge on any atom is -0.497 e. The van der Waals surface area contributed by atoms with Crippen LogP contribution in [0.5, 0.6) is 5.75 Å². The van der Waals surface area contributed by atoms with Gasteiger partial charge in [-0.1, -0.05) is 18.7 Å². The molecule has 1 aromatic carbocycles. The maximum absolute atomic E-state index is 14.0. The van der Waals surface area contributed by atoms with Crippen molar-refractivity contribution in [1.82, 2.24) is 15.6 Å². The van der Waals surface area contributed by atoms with E-state index in [0.29, 0.717) is 39.9 Å². The number of primary amides is 1. The van der Waals surface area contributed by atoms with Gasteiger partial charge in [0.15, 0.2) is 0 Å². The fourth-order valence-corrected chi connectivity index (χ4v) is 3.56. The van der Waals surface area contributed by atoms with Crippen LogP contribution in [0.3, 0.4) is 0 Å². The Kier molecular flexibility index (Phi) is 7.66. The summed E-state index contributed by atoms with van der Waals surface area (Å²) in [6.07, 6.45) is -1.12. The van der Waals surface area contributed by atoms with Crippen molar-refractivity contribution < 1.29 is 31.9 Å². The number of carbonyl (C=O) groups excluding carboxylic acids is 2. The predicted molar refractivity (Wildman–Crippen MR) is 128 cm³/mol. The number of methoxy groups -OCH3 is 1. The molecule has 3 amide bonds. The first-order valence-electron chi connectivity index (χ1n) is 10.5. The van der Waals surface area contributed by atoms with Gasteiger partial charge in [0.25, 0.3) is 5.91 Å². The second-order valence-corrected chi connectivity index (χ2v) is 7.74. The summed E-state index contributed by atoms with van der Waals surface area (Å²) in [4.78, 5) is 31.1. The maximum Gasteiger partial charge on any atom is 0.395 e. The highest BCUT2D eigenvalue weighted by atomic mass is 19.4. The van der Waals surface area contributed by atoms with E-state index >= 15 is 0 Å². The Labute approximate surface area is 203 Å². The molecular weight excluding hydrogens is 482 g/mol.